The molecule has 4 nitrogen and oxygen atoms in total. The van der Waals surface area contributed by atoms with E-state index in [1.807, 2.05) is 11.0 Å². The fraction of sp³-hybridized carbons (Fsp3) is 0.611. The van der Waals surface area contributed by atoms with Crippen LogP contribution in [-0.2, 0) is 0 Å². The van der Waals surface area contributed by atoms with Gasteiger partial charge in [-0.25, -0.2) is 4.79 Å². The lowest BCUT2D eigenvalue weighted by Crippen LogP contribution is -2.53. The third-order valence-electron chi connectivity index (χ3n) is 5.05. The first-order valence-electron chi connectivity index (χ1n) is 8.54. The Morgan fingerprint density at radius 1 is 1.09 bits per heavy atom. The molecular weight excluding hydrogens is 274 g/mol. The van der Waals surface area contributed by atoms with E-state index in [0.29, 0.717) is 12.1 Å². The van der Waals surface area contributed by atoms with Crippen LogP contribution in [-0.4, -0.2) is 48.6 Å². The summed E-state index contributed by atoms with van der Waals surface area (Å²) >= 11 is 0. The fourth-order valence-corrected chi connectivity index (χ4v) is 3.61. The van der Waals surface area contributed by atoms with Crippen LogP contribution in [0.25, 0.3) is 0 Å². The molecule has 0 aromatic heterocycles. The second kappa shape index (κ2) is 7.14. The molecule has 1 aromatic carbocycles. The molecule has 4 heteroatoms. The number of carbonyl (C=O) groups is 1. The van der Waals surface area contributed by atoms with Gasteiger partial charge in [0.25, 0.3) is 0 Å². The molecule has 1 aliphatic heterocycles. The van der Waals surface area contributed by atoms with E-state index >= 15 is 0 Å². The largest absolute Gasteiger partial charge is 0.335 e. The second-order valence-electron chi connectivity index (χ2n) is 6.64. The van der Waals surface area contributed by atoms with Crippen LogP contribution < -0.4 is 5.32 Å². The number of hydrogen-bond acceptors (Lipinski definition) is 2. The number of nitrogens with zero attached hydrogens (tertiary/aromatic N) is 2. The predicted octanol–water partition coefficient (Wildman–Crippen LogP) is 3.02. The van der Waals surface area contributed by atoms with Crippen LogP contribution in [0, 0.1) is 0 Å². The number of rotatable bonds is 2. The molecule has 2 amide bonds. The Labute approximate surface area is 133 Å². The topological polar surface area (TPSA) is 35.6 Å². The van der Waals surface area contributed by atoms with Gasteiger partial charge in [-0.2, -0.15) is 0 Å². The van der Waals surface area contributed by atoms with E-state index < -0.39 is 0 Å². The van der Waals surface area contributed by atoms with Crippen LogP contribution >= 0.6 is 0 Å². The third kappa shape index (κ3) is 3.61. The molecule has 0 spiro atoms. The normalized spacial score (nSPS) is 24.2. The van der Waals surface area contributed by atoms with E-state index in [1.54, 1.807) is 0 Å². The zero-order valence-corrected chi connectivity index (χ0v) is 13.5. The third-order valence-corrected chi connectivity index (χ3v) is 5.05. The van der Waals surface area contributed by atoms with Gasteiger partial charge in [0.1, 0.15) is 0 Å². The number of piperazine rings is 1. The lowest BCUT2D eigenvalue weighted by Gasteiger charge is -2.40. The second-order valence-corrected chi connectivity index (χ2v) is 6.64. The van der Waals surface area contributed by atoms with Gasteiger partial charge in [0.15, 0.2) is 0 Å². The number of likely N-dealkylation sites (N-methyl/N-ethyl adjacent to an activating group) is 1. The van der Waals surface area contributed by atoms with E-state index in [-0.39, 0.29) is 6.03 Å². The highest BCUT2D eigenvalue weighted by Gasteiger charge is 2.29. The highest BCUT2D eigenvalue weighted by atomic mass is 16.2. The summed E-state index contributed by atoms with van der Waals surface area (Å²) in [5, 5.41) is 3.24. The highest BCUT2D eigenvalue weighted by molar-refractivity contribution is 5.74. The average molecular weight is 301 g/mol. The molecule has 1 atom stereocenters. The van der Waals surface area contributed by atoms with Gasteiger partial charge in [-0.05, 0) is 25.5 Å². The first-order valence-corrected chi connectivity index (χ1v) is 8.54. The Hall–Kier alpha value is -1.55. The van der Waals surface area contributed by atoms with Crippen molar-refractivity contribution in [2.24, 2.45) is 0 Å². The zero-order chi connectivity index (χ0) is 15.4. The van der Waals surface area contributed by atoms with Gasteiger partial charge in [-0.3, -0.25) is 4.90 Å². The molecular formula is C18H27N3O. The first kappa shape index (κ1) is 15.3. The van der Waals surface area contributed by atoms with Crippen LogP contribution in [0.1, 0.15) is 43.7 Å². The van der Waals surface area contributed by atoms with Crippen molar-refractivity contribution >= 4 is 6.03 Å². The van der Waals surface area contributed by atoms with Crippen molar-refractivity contribution in [3.63, 3.8) is 0 Å². The quantitative estimate of drug-likeness (QED) is 0.911. The summed E-state index contributed by atoms with van der Waals surface area (Å²) in [4.78, 5) is 16.9. The molecule has 2 fully saturated rings. The van der Waals surface area contributed by atoms with Gasteiger partial charge >= 0.3 is 6.03 Å². The summed E-state index contributed by atoms with van der Waals surface area (Å²) in [6.45, 7) is 2.52. The molecule has 120 valence electrons. The Bertz CT molecular complexity index is 484. The maximum absolute atomic E-state index is 12.5. The number of hydrogen-bond donors (Lipinski definition) is 1. The summed E-state index contributed by atoms with van der Waals surface area (Å²) in [6.07, 6.45) is 6.10. The molecule has 1 saturated carbocycles. The number of urea groups is 1. The number of benzene rings is 1. The van der Waals surface area contributed by atoms with Crippen molar-refractivity contribution in [1.29, 1.82) is 0 Å². The van der Waals surface area contributed by atoms with Crippen molar-refractivity contribution in [2.45, 2.75) is 44.2 Å². The predicted molar refractivity (Wildman–Crippen MR) is 88.8 cm³/mol. The van der Waals surface area contributed by atoms with Gasteiger partial charge in [0.2, 0.25) is 0 Å². The van der Waals surface area contributed by atoms with Crippen molar-refractivity contribution in [2.75, 3.05) is 26.7 Å². The molecule has 1 aliphatic carbocycles. The number of nitrogens with one attached hydrogen (secondary N) is 1. The van der Waals surface area contributed by atoms with E-state index in [1.165, 1.54) is 24.8 Å². The Kier molecular flexibility index (Phi) is 4.98. The van der Waals surface area contributed by atoms with Crippen molar-refractivity contribution in [3.8, 4) is 0 Å². The Morgan fingerprint density at radius 3 is 2.55 bits per heavy atom. The number of carbonyl (C=O) groups excluding carboxylic acids is 1. The smallest absolute Gasteiger partial charge is 0.317 e. The summed E-state index contributed by atoms with van der Waals surface area (Å²) in [5.41, 5.74) is 1.29. The van der Waals surface area contributed by atoms with E-state index in [0.717, 1.165) is 32.5 Å². The SMILES string of the molecule is CN1CCN(C(=O)NC2CCCCC2)CC1c1ccccc1. The molecule has 0 bridgehead atoms. The van der Waals surface area contributed by atoms with Crippen molar-refractivity contribution in [3.05, 3.63) is 35.9 Å². The maximum atomic E-state index is 12.5. The zero-order valence-electron chi connectivity index (χ0n) is 13.5. The minimum Gasteiger partial charge on any atom is -0.335 e. The lowest BCUT2D eigenvalue weighted by molar-refractivity contribution is 0.107. The Morgan fingerprint density at radius 2 is 1.82 bits per heavy atom. The van der Waals surface area contributed by atoms with E-state index in [4.69, 9.17) is 0 Å². The molecule has 1 unspecified atom stereocenters. The van der Waals surface area contributed by atoms with Crippen LogP contribution in [0.4, 0.5) is 4.79 Å². The van der Waals surface area contributed by atoms with Crippen LogP contribution in [0.3, 0.4) is 0 Å². The van der Waals surface area contributed by atoms with Gasteiger partial charge in [-0.15, -0.1) is 0 Å². The molecule has 1 saturated heterocycles. The Balaban J connectivity index is 1.61. The van der Waals surface area contributed by atoms with Gasteiger partial charge in [-0.1, -0.05) is 49.6 Å². The fourth-order valence-electron chi connectivity index (χ4n) is 3.61. The highest BCUT2D eigenvalue weighted by Crippen LogP contribution is 2.24. The lowest BCUT2D eigenvalue weighted by atomic mass is 9.95. The summed E-state index contributed by atoms with van der Waals surface area (Å²) < 4.78 is 0. The molecule has 0 radical (unpaired) electrons. The minimum absolute atomic E-state index is 0.126. The minimum atomic E-state index is 0.126. The van der Waals surface area contributed by atoms with Crippen LogP contribution in [0.5, 0.6) is 0 Å². The molecule has 1 N–H and O–H groups in total. The van der Waals surface area contributed by atoms with Gasteiger partial charge in [0.05, 0.1) is 6.04 Å². The van der Waals surface area contributed by atoms with E-state index in [9.17, 15) is 4.79 Å². The van der Waals surface area contributed by atoms with Gasteiger partial charge < -0.3 is 10.2 Å². The maximum Gasteiger partial charge on any atom is 0.317 e. The number of amides is 2. The molecule has 22 heavy (non-hydrogen) atoms. The molecule has 3 rings (SSSR count). The standard InChI is InChI=1S/C18H27N3O/c1-20-12-13-21(14-17(20)15-8-4-2-5-9-15)18(22)19-16-10-6-3-7-11-16/h2,4-5,8-9,16-17H,3,6-7,10-14H2,1H3,(H,19,22). The van der Waals surface area contributed by atoms with Crippen molar-refractivity contribution in [1.82, 2.24) is 15.1 Å². The van der Waals surface area contributed by atoms with Crippen LogP contribution in [0.15, 0.2) is 30.3 Å². The van der Waals surface area contributed by atoms with Gasteiger partial charge in [0, 0.05) is 25.7 Å². The van der Waals surface area contributed by atoms with Crippen molar-refractivity contribution < 1.29 is 4.79 Å². The van der Waals surface area contributed by atoms with E-state index in [2.05, 4.69) is 41.5 Å². The molecule has 1 aromatic rings. The van der Waals surface area contributed by atoms with Crippen LogP contribution in [0.2, 0.25) is 0 Å². The summed E-state index contributed by atoms with van der Waals surface area (Å²) in [6, 6.07) is 11.3. The molecule has 1 heterocycles. The monoisotopic (exact) mass is 301 g/mol. The summed E-state index contributed by atoms with van der Waals surface area (Å²) in [7, 11) is 2.15. The molecule has 2 aliphatic rings. The summed E-state index contributed by atoms with van der Waals surface area (Å²) in [5.74, 6) is 0. The average Bonchev–Trinajstić information content (AvgIpc) is 2.57. The first-order chi connectivity index (χ1) is 10.7.